The molecule has 0 aliphatic rings. The lowest BCUT2D eigenvalue weighted by atomic mass is 10.1. The summed E-state index contributed by atoms with van der Waals surface area (Å²) in [5.41, 5.74) is 1.93. The Labute approximate surface area is 185 Å². The van der Waals surface area contributed by atoms with Crippen LogP contribution in [0.2, 0.25) is 0 Å². The fraction of sp³-hybridized carbons (Fsp3) is 0.130. The van der Waals surface area contributed by atoms with Crippen LogP contribution in [0, 0.1) is 5.82 Å². The minimum atomic E-state index is -0.594. The van der Waals surface area contributed by atoms with Gasteiger partial charge < -0.3 is 15.4 Å². The molecule has 0 aromatic heterocycles. The highest BCUT2D eigenvalue weighted by molar-refractivity contribution is 7.82. The zero-order chi connectivity index (χ0) is 22.2. The number of halogens is 1. The second-order valence-electron chi connectivity index (χ2n) is 6.59. The summed E-state index contributed by atoms with van der Waals surface area (Å²) >= 11 is 4.25. The van der Waals surface area contributed by atoms with Gasteiger partial charge in [-0.05, 0) is 54.4 Å². The van der Waals surface area contributed by atoms with E-state index in [0.717, 1.165) is 11.3 Å². The Morgan fingerprint density at radius 3 is 2.39 bits per heavy atom. The molecular weight excluding hydrogens is 417 g/mol. The Balaban J connectivity index is 1.54. The second-order valence-corrected chi connectivity index (χ2v) is 6.99. The number of hydrogen-bond acceptors (Lipinski definition) is 4. The summed E-state index contributed by atoms with van der Waals surface area (Å²) in [6.45, 7) is 0.410. The van der Waals surface area contributed by atoms with Gasteiger partial charge in [0.25, 0.3) is 5.91 Å². The van der Waals surface area contributed by atoms with Gasteiger partial charge in [-0.25, -0.2) is 13.5 Å². The molecule has 0 fully saturated rings. The highest BCUT2D eigenvalue weighted by atomic mass is 32.1. The summed E-state index contributed by atoms with van der Waals surface area (Å²) in [7, 11) is 1.61. The van der Waals surface area contributed by atoms with Crippen molar-refractivity contribution >= 4 is 36.1 Å². The van der Waals surface area contributed by atoms with Gasteiger partial charge in [-0.2, -0.15) is 0 Å². The van der Waals surface area contributed by atoms with Crippen molar-refractivity contribution in [2.24, 2.45) is 0 Å². The normalized spacial score (nSPS) is 10.3. The fourth-order valence-corrected chi connectivity index (χ4v) is 3.14. The van der Waals surface area contributed by atoms with Crippen LogP contribution in [0.4, 0.5) is 20.6 Å². The number of nitrogens with one attached hydrogen (secondary N) is 2. The van der Waals surface area contributed by atoms with E-state index in [9.17, 15) is 14.0 Å². The number of benzene rings is 3. The van der Waals surface area contributed by atoms with Crippen molar-refractivity contribution in [2.45, 2.75) is 6.42 Å². The Morgan fingerprint density at radius 1 is 1.00 bits per heavy atom. The van der Waals surface area contributed by atoms with Gasteiger partial charge in [0.05, 0.1) is 18.4 Å². The minimum Gasteiger partial charge on any atom is -0.496 e. The molecule has 0 aliphatic heterocycles. The third kappa shape index (κ3) is 5.76. The van der Waals surface area contributed by atoms with Crippen LogP contribution >= 0.6 is 12.8 Å². The first kappa shape index (κ1) is 22.2. The molecule has 0 atom stereocenters. The van der Waals surface area contributed by atoms with E-state index >= 15 is 0 Å². The molecule has 0 spiro atoms. The molecule has 0 unspecified atom stereocenters. The maximum Gasteiger partial charge on any atom is 0.331 e. The number of carbonyl (C=O) groups excluding carboxylic acids is 2. The van der Waals surface area contributed by atoms with E-state index in [0.29, 0.717) is 24.3 Å². The predicted octanol–water partition coefficient (Wildman–Crippen LogP) is 4.69. The van der Waals surface area contributed by atoms with Crippen LogP contribution in [0.5, 0.6) is 5.75 Å². The fourth-order valence-electron chi connectivity index (χ4n) is 2.94. The summed E-state index contributed by atoms with van der Waals surface area (Å²) in [5.74, 6) is -0.377. The quantitative estimate of drug-likeness (QED) is 0.468. The van der Waals surface area contributed by atoms with Gasteiger partial charge in [0.1, 0.15) is 11.6 Å². The number of methoxy groups -OCH3 is 1. The molecule has 0 aliphatic carbocycles. The van der Waals surface area contributed by atoms with E-state index in [4.69, 9.17) is 4.74 Å². The molecule has 3 aromatic carbocycles. The number of anilines is 2. The number of para-hydroxylation sites is 1. The molecule has 0 saturated carbocycles. The van der Waals surface area contributed by atoms with E-state index in [1.807, 2.05) is 24.3 Å². The molecule has 160 valence electrons. The standard InChI is InChI=1S/C23H22FN3O3S/c1-30-21-9-5-2-6-16(21)14-15-25-23(29)27(31)18-12-10-17(11-13-18)26-22(28)19-7-3-4-8-20(19)24/h2-13,31H,14-15H2,1H3,(H,25,29)(H,26,28). The third-order valence-electron chi connectivity index (χ3n) is 4.54. The minimum absolute atomic E-state index is 0.0446. The lowest BCUT2D eigenvalue weighted by Gasteiger charge is -2.17. The van der Waals surface area contributed by atoms with Crippen molar-refractivity contribution in [3.05, 3.63) is 89.7 Å². The maximum atomic E-state index is 13.7. The van der Waals surface area contributed by atoms with Gasteiger partial charge in [-0.3, -0.25) is 4.79 Å². The highest BCUT2D eigenvalue weighted by Crippen LogP contribution is 2.21. The number of urea groups is 1. The van der Waals surface area contributed by atoms with Crippen LogP contribution in [0.15, 0.2) is 72.8 Å². The van der Waals surface area contributed by atoms with Crippen LogP contribution in [0.25, 0.3) is 0 Å². The molecule has 3 amide bonds. The number of rotatable bonds is 7. The van der Waals surface area contributed by atoms with Gasteiger partial charge in [0.15, 0.2) is 0 Å². The molecule has 0 radical (unpaired) electrons. The first-order chi connectivity index (χ1) is 15.0. The molecule has 3 aromatic rings. The molecule has 0 saturated heterocycles. The Morgan fingerprint density at radius 2 is 1.68 bits per heavy atom. The first-order valence-corrected chi connectivity index (χ1v) is 9.94. The lowest BCUT2D eigenvalue weighted by Crippen LogP contribution is -2.35. The highest BCUT2D eigenvalue weighted by Gasteiger charge is 2.14. The number of ether oxygens (including phenoxy) is 1. The van der Waals surface area contributed by atoms with Gasteiger partial charge >= 0.3 is 6.03 Å². The topological polar surface area (TPSA) is 70.7 Å². The third-order valence-corrected chi connectivity index (χ3v) is 4.96. The molecule has 31 heavy (non-hydrogen) atoms. The average molecular weight is 440 g/mol. The van der Waals surface area contributed by atoms with Crippen molar-refractivity contribution in [1.29, 1.82) is 0 Å². The van der Waals surface area contributed by atoms with Gasteiger partial charge in [0, 0.05) is 12.2 Å². The van der Waals surface area contributed by atoms with Crippen molar-refractivity contribution in [3.8, 4) is 5.75 Å². The summed E-state index contributed by atoms with van der Waals surface area (Å²) in [4.78, 5) is 24.6. The zero-order valence-electron chi connectivity index (χ0n) is 16.8. The van der Waals surface area contributed by atoms with E-state index < -0.39 is 11.7 Å². The summed E-state index contributed by atoms with van der Waals surface area (Å²) in [5, 5.41) is 5.42. The van der Waals surface area contributed by atoms with Crippen LogP contribution in [0.1, 0.15) is 15.9 Å². The Kier molecular flexibility index (Phi) is 7.50. The molecule has 6 nitrogen and oxygen atoms in total. The Hall–Kier alpha value is -3.52. The van der Waals surface area contributed by atoms with Crippen LogP contribution in [-0.4, -0.2) is 25.6 Å². The monoisotopic (exact) mass is 439 g/mol. The van der Waals surface area contributed by atoms with Crippen molar-refractivity contribution < 1.29 is 18.7 Å². The second kappa shape index (κ2) is 10.5. The summed E-state index contributed by atoms with van der Waals surface area (Å²) in [6.07, 6.45) is 0.610. The summed E-state index contributed by atoms with van der Waals surface area (Å²) < 4.78 is 20.2. The zero-order valence-corrected chi connectivity index (χ0v) is 17.7. The molecular formula is C23H22FN3O3S. The smallest absolute Gasteiger partial charge is 0.331 e. The van der Waals surface area contributed by atoms with Crippen molar-refractivity contribution in [2.75, 3.05) is 23.3 Å². The lowest BCUT2D eigenvalue weighted by molar-refractivity contribution is 0.102. The molecule has 8 heteroatoms. The van der Waals surface area contributed by atoms with Gasteiger partial charge in [0.2, 0.25) is 0 Å². The number of nitrogens with zero attached hydrogens (tertiary/aromatic N) is 1. The van der Waals surface area contributed by atoms with Crippen LogP contribution < -0.4 is 19.7 Å². The Bertz CT molecular complexity index is 1060. The van der Waals surface area contributed by atoms with E-state index in [2.05, 4.69) is 23.4 Å². The summed E-state index contributed by atoms with van der Waals surface area (Å²) in [6, 6.07) is 19.4. The van der Waals surface area contributed by atoms with Crippen LogP contribution in [0.3, 0.4) is 0 Å². The van der Waals surface area contributed by atoms with Crippen molar-refractivity contribution in [1.82, 2.24) is 5.32 Å². The number of thiol groups is 1. The number of hydrogen-bond donors (Lipinski definition) is 3. The maximum absolute atomic E-state index is 13.7. The van der Waals surface area contributed by atoms with E-state index in [1.54, 1.807) is 37.4 Å². The van der Waals surface area contributed by atoms with Crippen LogP contribution in [-0.2, 0) is 6.42 Å². The van der Waals surface area contributed by atoms with Gasteiger partial charge in [-0.15, -0.1) is 0 Å². The number of carbonyl (C=O) groups is 2. The molecule has 0 heterocycles. The molecule has 0 bridgehead atoms. The molecule has 3 rings (SSSR count). The van der Waals surface area contributed by atoms with E-state index in [1.165, 1.54) is 22.5 Å². The molecule has 2 N–H and O–H groups in total. The van der Waals surface area contributed by atoms with Gasteiger partial charge in [-0.1, -0.05) is 43.1 Å². The van der Waals surface area contributed by atoms with Crippen molar-refractivity contribution in [3.63, 3.8) is 0 Å². The first-order valence-electron chi connectivity index (χ1n) is 9.54. The SMILES string of the molecule is COc1ccccc1CCNC(=O)N(S)c1ccc(NC(=O)c2ccccc2F)cc1. The largest absolute Gasteiger partial charge is 0.496 e. The van der Waals surface area contributed by atoms with E-state index in [-0.39, 0.29) is 11.6 Å². The average Bonchev–Trinajstić information content (AvgIpc) is 2.79. The predicted molar refractivity (Wildman–Crippen MR) is 122 cm³/mol. The number of amides is 3.